The van der Waals surface area contributed by atoms with Gasteiger partial charge in [-0.05, 0) is 30.3 Å². The van der Waals surface area contributed by atoms with Gasteiger partial charge in [0.15, 0.2) is 16.6 Å². The molecule has 2 heterocycles. The molecule has 8 heteroatoms. The van der Waals surface area contributed by atoms with Crippen LogP contribution in [0.1, 0.15) is 10.4 Å². The van der Waals surface area contributed by atoms with Crippen LogP contribution in [-0.4, -0.2) is 24.1 Å². The molecule has 0 fully saturated rings. The number of benzene rings is 2. The number of halogens is 2. The van der Waals surface area contributed by atoms with Crippen LogP contribution in [0.2, 0.25) is 5.02 Å². The molecule has 0 saturated heterocycles. The van der Waals surface area contributed by atoms with E-state index in [1.165, 1.54) is 29.5 Å². The third kappa shape index (κ3) is 3.23. The highest BCUT2D eigenvalue weighted by molar-refractivity contribution is 7.14. The highest BCUT2D eigenvalue weighted by Gasteiger charge is 2.18. The maximum Gasteiger partial charge on any atom is 0.261 e. The lowest BCUT2D eigenvalue weighted by molar-refractivity contribution is 0.102. The Morgan fingerprint density at radius 3 is 2.81 bits per heavy atom. The summed E-state index contributed by atoms with van der Waals surface area (Å²) in [5.41, 5.74) is 1.29. The summed E-state index contributed by atoms with van der Waals surface area (Å²) in [7, 11) is 0. The molecule has 0 saturated carbocycles. The first kappa shape index (κ1) is 16.8. The molecule has 1 aliphatic rings. The van der Waals surface area contributed by atoms with E-state index in [0.29, 0.717) is 35.5 Å². The maximum atomic E-state index is 13.8. The molecular formula is C18H12ClFN2O3S. The number of fused-ring (bicyclic) bond motifs is 1. The first-order valence-corrected chi connectivity index (χ1v) is 8.98. The monoisotopic (exact) mass is 390 g/mol. The Bertz CT molecular complexity index is 972. The molecule has 1 aliphatic heterocycles. The third-order valence-corrected chi connectivity index (χ3v) is 4.83. The number of aromatic nitrogens is 1. The quantitative estimate of drug-likeness (QED) is 0.708. The summed E-state index contributed by atoms with van der Waals surface area (Å²) in [6.45, 7) is 1.02. The summed E-state index contributed by atoms with van der Waals surface area (Å²) in [6.07, 6.45) is 0. The number of carbonyl (C=O) groups is 1. The lowest BCUT2D eigenvalue weighted by atomic mass is 10.1. The first-order chi connectivity index (χ1) is 12.6. The average molecular weight is 391 g/mol. The second kappa shape index (κ2) is 6.93. The number of rotatable bonds is 3. The largest absolute Gasteiger partial charge is 0.486 e. The fourth-order valence-corrected chi connectivity index (χ4v) is 3.50. The number of ether oxygens (including phenoxy) is 2. The van der Waals surface area contributed by atoms with Gasteiger partial charge in [0, 0.05) is 10.9 Å². The van der Waals surface area contributed by atoms with Crippen LogP contribution in [0.15, 0.2) is 41.8 Å². The zero-order valence-corrected chi connectivity index (χ0v) is 14.9. The molecule has 132 valence electrons. The van der Waals surface area contributed by atoms with E-state index in [-0.39, 0.29) is 10.6 Å². The van der Waals surface area contributed by atoms with Gasteiger partial charge in [-0.25, -0.2) is 9.37 Å². The molecule has 0 aliphatic carbocycles. The van der Waals surface area contributed by atoms with Crippen LogP contribution in [0.4, 0.5) is 9.52 Å². The maximum absolute atomic E-state index is 13.8. The van der Waals surface area contributed by atoms with E-state index in [4.69, 9.17) is 21.1 Å². The van der Waals surface area contributed by atoms with Gasteiger partial charge in [0.05, 0.1) is 16.3 Å². The summed E-state index contributed by atoms with van der Waals surface area (Å²) in [4.78, 5) is 16.7. The minimum absolute atomic E-state index is 0.0473. The molecule has 0 radical (unpaired) electrons. The van der Waals surface area contributed by atoms with E-state index in [9.17, 15) is 9.18 Å². The highest BCUT2D eigenvalue weighted by atomic mass is 35.5. The van der Waals surface area contributed by atoms with Crippen molar-refractivity contribution in [3.63, 3.8) is 0 Å². The summed E-state index contributed by atoms with van der Waals surface area (Å²) in [6, 6.07) is 9.61. The molecule has 0 bridgehead atoms. The first-order valence-electron chi connectivity index (χ1n) is 7.73. The van der Waals surface area contributed by atoms with Gasteiger partial charge >= 0.3 is 0 Å². The van der Waals surface area contributed by atoms with Crippen molar-refractivity contribution in [1.82, 2.24) is 4.98 Å². The van der Waals surface area contributed by atoms with Crippen molar-refractivity contribution in [1.29, 1.82) is 0 Å². The van der Waals surface area contributed by atoms with Crippen molar-refractivity contribution in [3.05, 3.63) is 58.2 Å². The van der Waals surface area contributed by atoms with Crippen LogP contribution in [0.3, 0.4) is 0 Å². The number of hydrogen-bond donors (Lipinski definition) is 1. The zero-order chi connectivity index (χ0) is 18.1. The molecule has 1 amide bonds. The van der Waals surface area contributed by atoms with Gasteiger partial charge in [0.1, 0.15) is 19.0 Å². The number of thiazole rings is 1. The number of nitrogens with one attached hydrogen (secondary N) is 1. The van der Waals surface area contributed by atoms with E-state index in [2.05, 4.69) is 10.3 Å². The van der Waals surface area contributed by atoms with Gasteiger partial charge < -0.3 is 9.47 Å². The molecule has 4 rings (SSSR count). The predicted octanol–water partition coefficient (Wildman–Crippen LogP) is 4.63. The van der Waals surface area contributed by atoms with Crippen molar-refractivity contribution in [2.24, 2.45) is 0 Å². The van der Waals surface area contributed by atoms with Crippen molar-refractivity contribution >= 4 is 34.0 Å². The molecule has 5 nitrogen and oxygen atoms in total. The van der Waals surface area contributed by atoms with Crippen LogP contribution in [0.5, 0.6) is 11.5 Å². The molecule has 0 atom stereocenters. The van der Waals surface area contributed by atoms with Crippen LogP contribution >= 0.6 is 22.9 Å². The van der Waals surface area contributed by atoms with Crippen LogP contribution in [-0.2, 0) is 0 Å². The Morgan fingerprint density at radius 2 is 2.00 bits per heavy atom. The van der Waals surface area contributed by atoms with Gasteiger partial charge in [-0.15, -0.1) is 11.3 Å². The smallest absolute Gasteiger partial charge is 0.261 e. The van der Waals surface area contributed by atoms with Gasteiger partial charge in [0.2, 0.25) is 0 Å². The lowest BCUT2D eigenvalue weighted by Crippen LogP contribution is -2.15. The normalized spacial score (nSPS) is 12.7. The van der Waals surface area contributed by atoms with Gasteiger partial charge in [-0.1, -0.05) is 17.7 Å². The molecule has 0 unspecified atom stereocenters. The van der Waals surface area contributed by atoms with E-state index in [1.54, 1.807) is 5.38 Å². The van der Waals surface area contributed by atoms with Crippen LogP contribution in [0, 0.1) is 5.82 Å². The Hall–Kier alpha value is -2.64. The zero-order valence-electron chi connectivity index (χ0n) is 13.3. The van der Waals surface area contributed by atoms with Gasteiger partial charge in [0.25, 0.3) is 5.91 Å². The van der Waals surface area contributed by atoms with E-state index in [0.717, 1.165) is 5.56 Å². The summed E-state index contributed by atoms with van der Waals surface area (Å²) in [5.74, 6) is 0.0261. The van der Waals surface area contributed by atoms with Crippen molar-refractivity contribution in [2.75, 3.05) is 18.5 Å². The second-order valence-corrected chi connectivity index (χ2v) is 6.71. The number of amides is 1. The summed E-state index contributed by atoms with van der Waals surface area (Å²) < 4.78 is 24.9. The Balaban J connectivity index is 1.56. The molecule has 1 N–H and O–H groups in total. The number of anilines is 1. The molecule has 1 aromatic heterocycles. The standard InChI is InChI=1S/C18H12ClFN2O3S/c19-11-2-1-3-12(20)16(11)17(23)22-18-21-13(9-26-18)10-4-5-14-15(8-10)25-7-6-24-14/h1-5,8-9H,6-7H2,(H,21,22,23). The fourth-order valence-electron chi connectivity index (χ4n) is 2.54. The molecule has 26 heavy (non-hydrogen) atoms. The topological polar surface area (TPSA) is 60.5 Å². The van der Waals surface area contributed by atoms with E-state index in [1.807, 2.05) is 18.2 Å². The van der Waals surface area contributed by atoms with Gasteiger partial charge in [-0.3, -0.25) is 10.1 Å². The molecule has 3 aromatic rings. The molecule has 0 spiro atoms. The number of carbonyl (C=O) groups excluding carboxylic acids is 1. The van der Waals surface area contributed by atoms with E-state index < -0.39 is 11.7 Å². The minimum atomic E-state index is -0.682. The number of hydrogen-bond acceptors (Lipinski definition) is 5. The Labute approximate surface area is 157 Å². The van der Waals surface area contributed by atoms with Crippen LogP contribution < -0.4 is 14.8 Å². The third-order valence-electron chi connectivity index (χ3n) is 3.75. The minimum Gasteiger partial charge on any atom is -0.486 e. The summed E-state index contributed by atoms with van der Waals surface area (Å²) in [5, 5.41) is 4.77. The fraction of sp³-hybridized carbons (Fsp3) is 0.111. The molecular weight excluding hydrogens is 379 g/mol. The van der Waals surface area contributed by atoms with Crippen molar-refractivity contribution in [2.45, 2.75) is 0 Å². The van der Waals surface area contributed by atoms with Crippen LogP contribution in [0.25, 0.3) is 11.3 Å². The lowest BCUT2D eigenvalue weighted by Gasteiger charge is -2.18. The van der Waals surface area contributed by atoms with Crippen molar-refractivity contribution < 1.29 is 18.7 Å². The van der Waals surface area contributed by atoms with E-state index >= 15 is 0 Å². The number of nitrogens with zero attached hydrogens (tertiary/aromatic N) is 1. The second-order valence-electron chi connectivity index (χ2n) is 5.45. The molecule has 2 aromatic carbocycles. The summed E-state index contributed by atoms with van der Waals surface area (Å²) >= 11 is 7.15. The van der Waals surface area contributed by atoms with Gasteiger partial charge in [-0.2, -0.15) is 0 Å². The Kier molecular flexibility index (Phi) is 4.48. The average Bonchev–Trinajstić information content (AvgIpc) is 3.09. The highest BCUT2D eigenvalue weighted by Crippen LogP contribution is 2.35. The predicted molar refractivity (Wildman–Crippen MR) is 97.9 cm³/mol. The Morgan fingerprint density at radius 1 is 1.19 bits per heavy atom. The van der Waals surface area contributed by atoms with Crippen molar-refractivity contribution in [3.8, 4) is 22.8 Å². The SMILES string of the molecule is O=C(Nc1nc(-c2ccc3c(c2)OCCO3)cs1)c1c(F)cccc1Cl.